The van der Waals surface area contributed by atoms with Gasteiger partial charge in [0.05, 0.1) is 14.2 Å². The SMILES string of the molecule is COCCCNC(=O)C1CCN(Cc2ccc(OC)c(OC)c2)CC1. The summed E-state index contributed by atoms with van der Waals surface area (Å²) in [6.45, 7) is 4.11. The molecule has 1 saturated heterocycles. The van der Waals surface area contributed by atoms with Gasteiger partial charge in [0.25, 0.3) is 0 Å². The Morgan fingerprint density at radius 3 is 2.52 bits per heavy atom. The molecule has 0 bridgehead atoms. The predicted octanol–water partition coefficient (Wildman–Crippen LogP) is 2.07. The summed E-state index contributed by atoms with van der Waals surface area (Å²) in [5.41, 5.74) is 1.19. The summed E-state index contributed by atoms with van der Waals surface area (Å²) >= 11 is 0. The van der Waals surface area contributed by atoms with Crippen LogP contribution in [-0.4, -0.2) is 58.4 Å². The normalized spacial score (nSPS) is 15.8. The van der Waals surface area contributed by atoms with E-state index in [0.717, 1.165) is 50.4 Å². The van der Waals surface area contributed by atoms with Crippen LogP contribution in [0.15, 0.2) is 18.2 Å². The van der Waals surface area contributed by atoms with E-state index in [0.29, 0.717) is 13.2 Å². The molecule has 1 heterocycles. The minimum Gasteiger partial charge on any atom is -0.493 e. The summed E-state index contributed by atoms with van der Waals surface area (Å²) in [6, 6.07) is 6.03. The number of hydrogen-bond acceptors (Lipinski definition) is 5. The number of piperidine rings is 1. The first-order valence-electron chi connectivity index (χ1n) is 8.87. The molecule has 1 amide bonds. The molecule has 1 aliphatic heterocycles. The Morgan fingerprint density at radius 1 is 1.16 bits per heavy atom. The number of likely N-dealkylation sites (tertiary alicyclic amines) is 1. The minimum absolute atomic E-state index is 0.129. The zero-order chi connectivity index (χ0) is 18.1. The second-order valence-corrected chi connectivity index (χ2v) is 6.38. The van der Waals surface area contributed by atoms with Crippen LogP contribution in [-0.2, 0) is 16.1 Å². The van der Waals surface area contributed by atoms with Crippen molar-refractivity contribution in [3.05, 3.63) is 23.8 Å². The fourth-order valence-corrected chi connectivity index (χ4v) is 3.16. The number of benzene rings is 1. The van der Waals surface area contributed by atoms with Crippen molar-refractivity contribution < 1.29 is 19.0 Å². The van der Waals surface area contributed by atoms with Crippen molar-refractivity contribution in [3.8, 4) is 11.5 Å². The van der Waals surface area contributed by atoms with Gasteiger partial charge >= 0.3 is 0 Å². The number of nitrogens with one attached hydrogen (secondary N) is 1. The highest BCUT2D eigenvalue weighted by atomic mass is 16.5. The Balaban J connectivity index is 1.77. The molecular weight excluding hydrogens is 320 g/mol. The van der Waals surface area contributed by atoms with Gasteiger partial charge in [0.2, 0.25) is 5.91 Å². The number of hydrogen-bond donors (Lipinski definition) is 1. The lowest BCUT2D eigenvalue weighted by Gasteiger charge is -2.31. The highest BCUT2D eigenvalue weighted by Gasteiger charge is 2.24. The van der Waals surface area contributed by atoms with Crippen LogP contribution in [0.4, 0.5) is 0 Å². The van der Waals surface area contributed by atoms with Crippen LogP contribution in [0.25, 0.3) is 0 Å². The molecule has 1 fully saturated rings. The molecule has 140 valence electrons. The monoisotopic (exact) mass is 350 g/mol. The van der Waals surface area contributed by atoms with E-state index in [1.54, 1.807) is 21.3 Å². The number of ether oxygens (including phenoxy) is 3. The van der Waals surface area contributed by atoms with Crippen LogP contribution in [0.2, 0.25) is 0 Å². The molecule has 0 aliphatic carbocycles. The summed E-state index contributed by atoms with van der Waals surface area (Å²) in [6.07, 6.45) is 2.67. The first-order valence-corrected chi connectivity index (χ1v) is 8.87. The smallest absolute Gasteiger partial charge is 0.223 e. The Morgan fingerprint density at radius 2 is 1.88 bits per heavy atom. The molecule has 1 N–H and O–H groups in total. The third kappa shape index (κ3) is 5.90. The zero-order valence-electron chi connectivity index (χ0n) is 15.5. The fraction of sp³-hybridized carbons (Fsp3) is 0.632. The zero-order valence-corrected chi connectivity index (χ0v) is 15.5. The van der Waals surface area contributed by atoms with E-state index in [-0.39, 0.29) is 11.8 Å². The van der Waals surface area contributed by atoms with E-state index in [4.69, 9.17) is 14.2 Å². The van der Waals surface area contributed by atoms with Gasteiger partial charge in [0, 0.05) is 32.7 Å². The van der Waals surface area contributed by atoms with Crippen LogP contribution in [0.3, 0.4) is 0 Å². The molecule has 0 unspecified atom stereocenters. The number of rotatable bonds is 9. The van der Waals surface area contributed by atoms with Crippen molar-refractivity contribution in [2.24, 2.45) is 5.92 Å². The van der Waals surface area contributed by atoms with Gasteiger partial charge < -0.3 is 19.5 Å². The van der Waals surface area contributed by atoms with Crippen molar-refractivity contribution >= 4 is 5.91 Å². The molecule has 6 nitrogen and oxygen atoms in total. The molecule has 0 saturated carbocycles. The summed E-state index contributed by atoms with van der Waals surface area (Å²) in [5, 5.41) is 3.01. The van der Waals surface area contributed by atoms with Crippen molar-refractivity contribution in [1.29, 1.82) is 0 Å². The lowest BCUT2D eigenvalue weighted by Crippen LogP contribution is -2.40. The Kier molecular flexibility index (Phi) is 8.01. The van der Waals surface area contributed by atoms with E-state index >= 15 is 0 Å². The molecule has 0 atom stereocenters. The number of carbonyl (C=O) groups is 1. The average Bonchev–Trinajstić information content (AvgIpc) is 2.65. The van der Waals surface area contributed by atoms with Gasteiger partial charge in [-0.05, 0) is 50.0 Å². The van der Waals surface area contributed by atoms with Crippen LogP contribution in [0, 0.1) is 5.92 Å². The molecule has 1 aromatic rings. The fourth-order valence-electron chi connectivity index (χ4n) is 3.16. The molecule has 0 aromatic heterocycles. The summed E-state index contributed by atoms with van der Waals surface area (Å²) in [5.74, 6) is 1.81. The quantitative estimate of drug-likeness (QED) is 0.691. The Hall–Kier alpha value is -1.79. The largest absolute Gasteiger partial charge is 0.493 e. The number of methoxy groups -OCH3 is 3. The molecule has 1 aliphatic rings. The summed E-state index contributed by atoms with van der Waals surface area (Å²) in [7, 11) is 4.97. The van der Waals surface area contributed by atoms with E-state index in [2.05, 4.69) is 16.3 Å². The first kappa shape index (κ1) is 19.5. The maximum Gasteiger partial charge on any atom is 0.223 e. The van der Waals surface area contributed by atoms with E-state index in [9.17, 15) is 4.79 Å². The van der Waals surface area contributed by atoms with Gasteiger partial charge in [-0.1, -0.05) is 6.07 Å². The molecule has 6 heteroatoms. The maximum absolute atomic E-state index is 12.2. The molecular formula is C19H30N2O4. The molecule has 0 radical (unpaired) electrons. The minimum atomic E-state index is 0.129. The van der Waals surface area contributed by atoms with Gasteiger partial charge in [-0.15, -0.1) is 0 Å². The predicted molar refractivity (Wildman–Crippen MR) is 97.0 cm³/mol. The standard InChI is InChI=1S/C19H30N2O4/c1-23-12-4-9-20-19(22)16-7-10-21(11-8-16)14-15-5-6-17(24-2)18(13-15)25-3/h5-6,13,16H,4,7-12,14H2,1-3H3,(H,20,22). The topological polar surface area (TPSA) is 60.0 Å². The highest BCUT2D eigenvalue weighted by Crippen LogP contribution is 2.28. The van der Waals surface area contributed by atoms with Crippen molar-refractivity contribution in [3.63, 3.8) is 0 Å². The highest BCUT2D eigenvalue weighted by molar-refractivity contribution is 5.78. The van der Waals surface area contributed by atoms with Crippen molar-refractivity contribution in [2.75, 3.05) is 47.6 Å². The molecule has 1 aromatic carbocycles. The number of nitrogens with zero attached hydrogens (tertiary/aromatic N) is 1. The summed E-state index contributed by atoms with van der Waals surface area (Å²) in [4.78, 5) is 14.6. The molecule has 0 spiro atoms. The van der Waals surface area contributed by atoms with E-state index in [1.165, 1.54) is 5.56 Å². The molecule has 25 heavy (non-hydrogen) atoms. The van der Waals surface area contributed by atoms with Crippen LogP contribution in [0.5, 0.6) is 11.5 Å². The average molecular weight is 350 g/mol. The maximum atomic E-state index is 12.2. The number of amides is 1. The molecule has 2 rings (SSSR count). The first-order chi connectivity index (χ1) is 12.2. The second kappa shape index (κ2) is 10.3. The Labute approximate surface area is 150 Å². The third-order valence-electron chi connectivity index (χ3n) is 4.64. The van der Waals surface area contributed by atoms with Crippen molar-refractivity contribution in [1.82, 2.24) is 10.2 Å². The number of carbonyl (C=O) groups excluding carboxylic acids is 1. The van der Waals surface area contributed by atoms with Gasteiger partial charge in [-0.2, -0.15) is 0 Å². The van der Waals surface area contributed by atoms with Gasteiger partial charge in [0.1, 0.15) is 0 Å². The summed E-state index contributed by atoms with van der Waals surface area (Å²) < 4.78 is 15.6. The van der Waals surface area contributed by atoms with Crippen LogP contribution < -0.4 is 14.8 Å². The van der Waals surface area contributed by atoms with Gasteiger partial charge in [-0.3, -0.25) is 9.69 Å². The lowest BCUT2D eigenvalue weighted by atomic mass is 9.95. The third-order valence-corrected chi connectivity index (χ3v) is 4.64. The Bertz CT molecular complexity index is 542. The lowest BCUT2D eigenvalue weighted by molar-refractivity contribution is -0.126. The van der Waals surface area contributed by atoms with Gasteiger partial charge in [-0.25, -0.2) is 0 Å². The van der Waals surface area contributed by atoms with Gasteiger partial charge in [0.15, 0.2) is 11.5 Å². The second-order valence-electron chi connectivity index (χ2n) is 6.38. The van der Waals surface area contributed by atoms with E-state index in [1.807, 2.05) is 12.1 Å². The van der Waals surface area contributed by atoms with Crippen molar-refractivity contribution in [2.45, 2.75) is 25.8 Å². The van der Waals surface area contributed by atoms with E-state index < -0.39 is 0 Å². The van der Waals surface area contributed by atoms with Crippen LogP contribution >= 0.6 is 0 Å². The van der Waals surface area contributed by atoms with Crippen LogP contribution in [0.1, 0.15) is 24.8 Å².